The van der Waals surface area contributed by atoms with Gasteiger partial charge in [0, 0.05) is 23.2 Å². The third-order valence-electron chi connectivity index (χ3n) is 4.80. The lowest BCUT2D eigenvalue weighted by Crippen LogP contribution is -2.42. The van der Waals surface area contributed by atoms with E-state index >= 15 is 0 Å². The molecule has 0 spiro atoms. The molecule has 146 valence electrons. The number of rotatable bonds is 6. The molecule has 0 radical (unpaired) electrons. The average molecular weight is 388 g/mol. The number of H-pyrrole nitrogens is 1. The maximum atomic E-state index is 14.3. The van der Waals surface area contributed by atoms with Crippen LogP contribution in [0.1, 0.15) is 25.7 Å². The standard InChI is InChI=1S/C18H18F2N6O2/c19-10-5-12-13(7-22-16(12)21-6-10)17-23-8-14(20)18(24-17)25-26(9-15(27)28)11-3-1-2-4-11/h5-8,11H,1-4,9H2,(H,21,22)(H,27,28)(H,23,24,25). The van der Waals surface area contributed by atoms with Crippen LogP contribution in [0.5, 0.6) is 0 Å². The number of hydrogen-bond acceptors (Lipinski definition) is 6. The highest BCUT2D eigenvalue weighted by Crippen LogP contribution is 2.28. The van der Waals surface area contributed by atoms with Crippen molar-refractivity contribution in [3.63, 3.8) is 0 Å². The zero-order valence-electron chi connectivity index (χ0n) is 14.8. The van der Waals surface area contributed by atoms with E-state index in [4.69, 9.17) is 0 Å². The largest absolute Gasteiger partial charge is 0.480 e. The Balaban J connectivity index is 1.68. The first-order valence-corrected chi connectivity index (χ1v) is 8.92. The Morgan fingerprint density at radius 3 is 2.82 bits per heavy atom. The van der Waals surface area contributed by atoms with Gasteiger partial charge in [0.1, 0.15) is 18.0 Å². The first kappa shape index (κ1) is 18.2. The Hall–Kier alpha value is -3.14. The molecule has 1 saturated carbocycles. The fourth-order valence-electron chi connectivity index (χ4n) is 3.50. The molecule has 3 heterocycles. The topological polar surface area (TPSA) is 107 Å². The second-order valence-electron chi connectivity index (χ2n) is 6.71. The van der Waals surface area contributed by atoms with Crippen LogP contribution in [0.4, 0.5) is 14.6 Å². The number of anilines is 1. The SMILES string of the molecule is O=C(O)CN(Nc1nc(-c2c[nH]c3ncc(F)cc23)ncc1F)C1CCCC1. The lowest BCUT2D eigenvalue weighted by atomic mass is 10.2. The molecule has 8 nitrogen and oxygen atoms in total. The van der Waals surface area contributed by atoms with Crippen LogP contribution in [0.25, 0.3) is 22.4 Å². The van der Waals surface area contributed by atoms with Gasteiger partial charge in [-0.15, -0.1) is 0 Å². The maximum Gasteiger partial charge on any atom is 0.319 e. The Morgan fingerprint density at radius 1 is 1.29 bits per heavy atom. The summed E-state index contributed by atoms with van der Waals surface area (Å²) in [6.45, 7) is -0.286. The molecule has 1 aliphatic carbocycles. The van der Waals surface area contributed by atoms with Gasteiger partial charge in [-0.1, -0.05) is 12.8 Å². The maximum absolute atomic E-state index is 14.3. The fraction of sp³-hybridized carbons (Fsp3) is 0.333. The molecule has 1 aliphatic rings. The highest BCUT2D eigenvalue weighted by molar-refractivity contribution is 5.91. The summed E-state index contributed by atoms with van der Waals surface area (Å²) in [4.78, 5) is 26.3. The van der Waals surface area contributed by atoms with E-state index in [-0.39, 0.29) is 24.2 Å². The number of aliphatic carboxylic acids is 1. The molecular weight excluding hydrogens is 370 g/mol. The minimum atomic E-state index is -1.02. The third-order valence-corrected chi connectivity index (χ3v) is 4.80. The Bertz CT molecular complexity index is 1020. The van der Waals surface area contributed by atoms with Crippen LogP contribution in [0.2, 0.25) is 0 Å². The second kappa shape index (κ2) is 7.47. The summed E-state index contributed by atoms with van der Waals surface area (Å²) in [7, 11) is 0. The van der Waals surface area contributed by atoms with Gasteiger partial charge in [0.2, 0.25) is 0 Å². The first-order valence-electron chi connectivity index (χ1n) is 8.92. The van der Waals surface area contributed by atoms with Crippen molar-refractivity contribution in [1.29, 1.82) is 0 Å². The van der Waals surface area contributed by atoms with E-state index in [9.17, 15) is 18.7 Å². The van der Waals surface area contributed by atoms with Crippen molar-refractivity contribution in [3.05, 3.63) is 36.3 Å². The summed E-state index contributed by atoms with van der Waals surface area (Å²) in [5.41, 5.74) is 3.73. The number of carboxylic acids is 1. The monoisotopic (exact) mass is 388 g/mol. The fourth-order valence-corrected chi connectivity index (χ4v) is 3.50. The smallest absolute Gasteiger partial charge is 0.319 e. The number of carboxylic acid groups (broad SMARTS) is 1. The molecule has 0 unspecified atom stereocenters. The highest BCUT2D eigenvalue weighted by Gasteiger charge is 2.26. The summed E-state index contributed by atoms with van der Waals surface area (Å²) in [6.07, 6.45) is 7.30. The van der Waals surface area contributed by atoms with E-state index in [1.807, 2.05) is 0 Å². The Morgan fingerprint density at radius 2 is 2.07 bits per heavy atom. The number of halogens is 2. The van der Waals surface area contributed by atoms with Crippen LogP contribution < -0.4 is 5.43 Å². The molecule has 0 atom stereocenters. The lowest BCUT2D eigenvalue weighted by molar-refractivity contribution is -0.138. The van der Waals surface area contributed by atoms with Crippen molar-refractivity contribution in [3.8, 4) is 11.4 Å². The number of aromatic amines is 1. The Kier molecular flexibility index (Phi) is 4.86. The molecule has 4 rings (SSSR count). The van der Waals surface area contributed by atoms with Crippen molar-refractivity contribution in [2.75, 3.05) is 12.0 Å². The lowest BCUT2D eigenvalue weighted by Gasteiger charge is -2.28. The number of pyridine rings is 1. The van der Waals surface area contributed by atoms with Gasteiger partial charge in [-0.05, 0) is 18.9 Å². The summed E-state index contributed by atoms with van der Waals surface area (Å²) in [6, 6.07) is 1.28. The molecule has 0 saturated heterocycles. The van der Waals surface area contributed by atoms with Gasteiger partial charge in [0.25, 0.3) is 0 Å². The van der Waals surface area contributed by atoms with Crippen molar-refractivity contribution < 1.29 is 18.7 Å². The predicted molar refractivity (Wildman–Crippen MR) is 97.3 cm³/mol. The zero-order valence-corrected chi connectivity index (χ0v) is 14.8. The van der Waals surface area contributed by atoms with E-state index in [0.717, 1.165) is 38.1 Å². The molecule has 3 N–H and O–H groups in total. The summed E-state index contributed by atoms with van der Waals surface area (Å²) >= 11 is 0. The van der Waals surface area contributed by atoms with Gasteiger partial charge >= 0.3 is 5.97 Å². The average Bonchev–Trinajstić information content (AvgIpc) is 3.32. The Labute approximate surface area is 158 Å². The molecule has 0 amide bonds. The summed E-state index contributed by atoms with van der Waals surface area (Å²) in [5, 5.41) is 11.2. The molecule has 3 aromatic rings. The van der Waals surface area contributed by atoms with Crippen LogP contribution >= 0.6 is 0 Å². The number of fused-ring (bicyclic) bond motifs is 1. The van der Waals surface area contributed by atoms with E-state index < -0.39 is 17.6 Å². The van der Waals surface area contributed by atoms with E-state index in [0.29, 0.717) is 16.6 Å². The van der Waals surface area contributed by atoms with Gasteiger partial charge < -0.3 is 10.1 Å². The predicted octanol–water partition coefficient (Wildman–Crippen LogP) is 2.95. The first-order chi connectivity index (χ1) is 13.5. The molecule has 10 heteroatoms. The summed E-state index contributed by atoms with van der Waals surface area (Å²) < 4.78 is 27.9. The van der Waals surface area contributed by atoms with Crippen molar-refractivity contribution in [2.24, 2.45) is 0 Å². The van der Waals surface area contributed by atoms with E-state index in [1.54, 1.807) is 6.20 Å². The number of nitrogens with zero attached hydrogens (tertiary/aromatic N) is 4. The number of hydrazine groups is 1. The van der Waals surface area contributed by atoms with Gasteiger partial charge in [0.05, 0.1) is 12.4 Å². The van der Waals surface area contributed by atoms with E-state index in [2.05, 4.69) is 25.4 Å². The number of carbonyl (C=O) groups is 1. The molecule has 1 fully saturated rings. The van der Waals surface area contributed by atoms with Crippen LogP contribution in [0.3, 0.4) is 0 Å². The number of aromatic nitrogens is 4. The molecule has 28 heavy (non-hydrogen) atoms. The minimum Gasteiger partial charge on any atom is -0.480 e. The normalized spacial score (nSPS) is 14.8. The third kappa shape index (κ3) is 3.63. The van der Waals surface area contributed by atoms with Crippen LogP contribution in [0.15, 0.2) is 24.7 Å². The van der Waals surface area contributed by atoms with Gasteiger partial charge in [-0.25, -0.2) is 28.7 Å². The highest BCUT2D eigenvalue weighted by atomic mass is 19.1. The van der Waals surface area contributed by atoms with E-state index in [1.165, 1.54) is 11.1 Å². The number of nitrogens with one attached hydrogen (secondary N) is 2. The van der Waals surface area contributed by atoms with Crippen LogP contribution in [-0.4, -0.2) is 48.6 Å². The van der Waals surface area contributed by atoms with Crippen LogP contribution in [0, 0.1) is 11.6 Å². The minimum absolute atomic E-state index is 0.0136. The summed E-state index contributed by atoms with van der Waals surface area (Å²) in [5.74, 6) is -2.20. The zero-order chi connectivity index (χ0) is 19.7. The molecule has 0 aromatic carbocycles. The van der Waals surface area contributed by atoms with Crippen molar-refractivity contribution >= 4 is 22.8 Å². The molecule has 0 aliphatic heterocycles. The van der Waals surface area contributed by atoms with Crippen LogP contribution in [-0.2, 0) is 4.79 Å². The van der Waals surface area contributed by atoms with Crippen molar-refractivity contribution in [1.82, 2.24) is 24.9 Å². The van der Waals surface area contributed by atoms with Gasteiger partial charge in [-0.3, -0.25) is 10.2 Å². The number of hydrogen-bond donors (Lipinski definition) is 3. The molecule has 3 aromatic heterocycles. The molecule has 0 bridgehead atoms. The van der Waals surface area contributed by atoms with Gasteiger partial charge in [0.15, 0.2) is 17.5 Å². The second-order valence-corrected chi connectivity index (χ2v) is 6.71. The quantitative estimate of drug-likeness (QED) is 0.557. The molecular formula is C18H18F2N6O2. The van der Waals surface area contributed by atoms with Crippen molar-refractivity contribution in [2.45, 2.75) is 31.7 Å². The van der Waals surface area contributed by atoms with Gasteiger partial charge in [-0.2, -0.15) is 0 Å².